The molecule has 2 heterocycles. The molecule has 2 N–H and O–H groups in total. The zero-order valence-electron chi connectivity index (χ0n) is 15.3. The van der Waals surface area contributed by atoms with Crippen LogP contribution in [0, 0.1) is 0 Å². The highest BCUT2D eigenvalue weighted by Crippen LogP contribution is 2.19. The molecule has 1 aliphatic heterocycles. The molecule has 8 nitrogen and oxygen atoms in total. The average Bonchev–Trinajstić information content (AvgIpc) is 3.02. The molecule has 1 aliphatic rings. The van der Waals surface area contributed by atoms with Gasteiger partial charge in [0.25, 0.3) is 0 Å². The summed E-state index contributed by atoms with van der Waals surface area (Å²) in [6.45, 7) is 5.53. The van der Waals surface area contributed by atoms with Crippen LogP contribution in [-0.4, -0.2) is 57.2 Å². The molecule has 8 heteroatoms. The zero-order chi connectivity index (χ0) is 19.3. The van der Waals surface area contributed by atoms with Gasteiger partial charge in [-0.1, -0.05) is 6.07 Å². The van der Waals surface area contributed by atoms with Gasteiger partial charge in [-0.05, 0) is 45.7 Å². The Morgan fingerprint density at radius 2 is 2.12 bits per heavy atom. The fraction of sp³-hybridized carbons (Fsp3) is 0.556. The maximum absolute atomic E-state index is 12.9. The van der Waals surface area contributed by atoms with Gasteiger partial charge in [-0.2, -0.15) is 0 Å². The van der Waals surface area contributed by atoms with Crippen molar-refractivity contribution in [2.45, 2.75) is 57.7 Å². The Morgan fingerprint density at radius 3 is 2.69 bits per heavy atom. The van der Waals surface area contributed by atoms with Crippen LogP contribution in [0.2, 0.25) is 0 Å². The molecule has 0 aliphatic carbocycles. The predicted octanol–water partition coefficient (Wildman–Crippen LogP) is 1.59. The second-order valence-corrected chi connectivity index (χ2v) is 7.25. The highest BCUT2D eigenvalue weighted by Gasteiger charge is 2.38. The van der Waals surface area contributed by atoms with Crippen LogP contribution in [0.3, 0.4) is 0 Å². The Morgan fingerprint density at radius 1 is 1.38 bits per heavy atom. The van der Waals surface area contributed by atoms with E-state index in [4.69, 9.17) is 4.74 Å². The number of alkyl carbamates (subject to hydrolysis) is 1. The number of aromatic nitrogens is 1. The summed E-state index contributed by atoms with van der Waals surface area (Å²) in [5.41, 5.74) is -0.0899. The lowest BCUT2D eigenvalue weighted by molar-refractivity contribution is -0.149. The molecule has 0 aromatic carbocycles. The number of nitrogens with zero attached hydrogens (tertiary/aromatic N) is 2. The number of amides is 2. The van der Waals surface area contributed by atoms with Crippen molar-refractivity contribution < 1.29 is 24.2 Å². The third kappa shape index (κ3) is 5.44. The van der Waals surface area contributed by atoms with Crippen molar-refractivity contribution in [1.29, 1.82) is 0 Å². The Hall–Kier alpha value is -2.64. The average molecular weight is 363 g/mol. The summed E-state index contributed by atoms with van der Waals surface area (Å²) in [6.07, 6.45) is 2.05. The maximum Gasteiger partial charge on any atom is 0.408 e. The highest BCUT2D eigenvalue weighted by molar-refractivity contribution is 5.90. The first-order valence-corrected chi connectivity index (χ1v) is 8.60. The SMILES string of the molecule is CC(C)(C)OC(=O)N[C@@H](Cc1ccccn1)C(=O)N1CCC[C@H]1C(=O)O. The second-order valence-electron chi connectivity index (χ2n) is 7.25. The number of carboxylic acid groups (broad SMARTS) is 1. The number of ether oxygens (including phenoxy) is 1. The minimum atomic E-state index is -1.04. The summed E-state index contributed by atoms with van der Waals surface area (Å²) >= 11 is 0. The summed E-state index contributed by atoms with van der Waals surface area (Å²) in [5.74, 6) is -1.48. The minimum absolute atomic E-state index is 0.155. The normalized spacial score (nSPS) is 18.3. The molecule has 2 rings (SSSR count). The van der Waals surface area contributed by atoms with E-state index in [0.29, 0.717) is 25.1 Å². The van der Waals surface area contributed by atoms with E-state index in [-0.39, 0.29) is 6.42 Å². The van der Waals surface area contributed by atoms with Gasteiger partial charge < -0.3 is 20.1 Å². The first kappa shape index (κ1) is 19.7. The number of pyridine rings is 1. The van der Waals surface area contributed by atoms with Gasteiger partial charge in [-0.3, -0.25) is 9.78 Å². The number of likely N-dealkylation sites (tertiary alicyclic amines) is 1. The number of carboxylic acids is 1. The number of hydrogen-bond acceptors (Lipinski definition) is 5. The Kier molecular flexibility index (Phi) is 6.18. The maximum atomic E-state index is 12.9. The molecular weight excluding hydrogens is 338 g/mol. The largest absolute Gasteiger partial charge is 0.480 e. The van der Waals surface area contributed by atoms with Crippen molar-refractivity contribution in [3.63, 3.8) is 0 Å². The van der Waals surface area contributed by atoms with Crippen LogP contribution < -0.4 is 5.32 Å². The standard InChI is InChI=1S/C18H25N3O5/c1-18(2,3)26-17(25)20-13(11-12-7-4-5-9-19-12)15(22)21-10-6-8-14(21)16(23)24/h4-5,7,9,13-14H,6,8,10-11H2,1-3H3,(H,20,25)(H,23,24)/t13-,14-/m0/s1. The number of carbonyl (C=O) groups excluding carboxylic acids is 2. The number of hydrogen-bond donors (Lipinski definition) is 2. The molecule has 0 spiro atoms. The molecule has 0 bridgehead atoms. The number of carbonyl (C=O) groups is 3. The molecule has 0 radical (unpaired) electrons. The third-order valence-corrected chi connectivity index (χ3v) is 3.95. The van der Waals surface area contributed by atoms with E-state index in [2.05, 4.69) is 10.3 Å². The quantitative estimate of drug-likeness (QED) is 0.822. The van der Waals surface area contributed by atoms with E-state index in [1.807, 2.05) is 0 Å². The lowest BCUT2D eigenvalue weighted by Gasteiger charge is -2.28. The van der Waals surface area contributed by atoms with Gasteiger partial charge in [-0.25, -0.2) is 9.59 Å². The second kappa shape index (κ2) is 8.16. The third-order valence-electron chi connectivity index (χ3n) is 3.95. The summed E-state index contributed by atoms with van der Waals surface area (Å²) in [6, 6.07) is 3.47. The van der Waals surface area contributed by atoms with Crippen LogP contribution in [-0.2, 0) is 20.7 Å². The Labute approximate surface area is 152 Å². The Bertz CT molecular complexity index is 657. The smallest absolute Gasteiger partial charge is 0.408 e. The lowest BCUT2D eigenvalue weighted by atomic mass is 10.1. The first-order chi connectivity index (χ1) is 12.2. The van der Waals surface area contributed by atoms with Crippen molar-refractivity contribution in [3.05, 3.63) is 30.1 Å². The van der Waals surface area contributed by atoms with E-state index in [1.165, 1.54) is 4.90 Å². The fourth-order valence-electron chi connectivity index (χ4n) is 2.87. The molecule has 142 valence electrons. The number of aliphatic carboxylic acids is 1. The molecule has 1 fully saturated rings. The molecule has 0 unspecified atom stereocenters. The van der Waals surface area contributed by atoms with Crippen molar-refractivity contribution in [2.24, 2.45) is 0 Å². The van der Waals surface area contributed by atoms with Gasteiger partial charge in [0.1, 0.15) is 17.7 Å². The van der Waals surface area contributed by atoms with Crippen molar-refractivity contribution >= 4 is 18.0 Å². The molecule has 2 amide bonds. The summed E-state index contributed by atoms with van der Waals surface area (Å²) in [4.78, 5) is 42.0. The summed E-state index contributed by atoms with van der Waals surface area (Å²) in [5, 5.41) is 11.9. The van der Waals surface area contributed by atoms with Gasteiger partial charge in [0.05, 0.1) is 0 Å². The van der Waals surface area contributed by atoms with E-state index in [0.717, 1.165) is 0 Å². The van der Waals surface area contributed by atoms with Crippen molar-refractivity contribution in [1.82, 2.24) is 15.2 Å². The van der Waals surface area contributed by atoms with Crippen LogP contribution in [0.4, 0.5) is 4.79 Å². The summed E-state index contributed by atoms with van der Waals surface area (Å²) in [7, 11) is 0. The van der Waals surface area contributed by atoms with Crippen LogP contribution in [0.1, 0.15) is 39.3 Å². The van der Waals surface area contributed by atoms with Crippen LogP contribution >= 0.6 is 0 Å². The summed E-state index contributed by atoms with van der Waals surface area (Å²) < 4.78 is 5.24. The zero-order valence-corrected chi connectivity index (χ0v) is 15.3. The molecular formula is C18H25N3O5. The molecule has 0 saturated carbocycles. The van der Waals surface area contributed by atoms with Gasteiger partial charge in [0.15, 0.2) is 0 Å². The lowest BCUT2D eigenvalue weighted by Crippen LogP contribution is -2.53. The number of nitrogens with one attached hydrogen (secondary N) is 1. The van der Waals surface area contributed by atoms with Crippen LogP contribution in [0.25, 0.3) is 0 Å². The topological polar surface area (TPSA) is 109 Å². The van der Waals surface area contributed by atoms with Crippen LogP contribution in [0.5, 0.6) is 0 Å². The van der Waals surface area contributed by atoms with E-state index in [1.54, 1.807) is 45.2 Å². The van der Waals surface area contributed by atoms with Gasteiger partial charge in [0, 0.05) is 24.9 Å². The molecule has 26 heavy (non-hydrogen) atoms. The van der Waals surface area contributed by atoms with Crippen LogP contribution in [0.15, 0.2) is 24.4 Å². The van der Waals surface area contributed by atoms with Gasteiger partial charge in [-0.15, -0.1) is 0 Å². The molecule has 2 atom stereocenters. The number of rotatable bonds is 5. The molecule has 1 aromatic heterocycles. The van der Waals surface area contributed by atoms with Crippen molar-refractivity contribution in [2.75, 3.05) is 6.54 Å². The van der Waals surface area contributed by atoms with Gasteiger partial charge in [0.2, 0.25) is 5.91 Å². The highest BCUT2D eigenvalue weighted by atomic mass is 16.6. The molecule has 1 aromatic rings. The van der Waals surface area contributed by atoms with Gasteiger partial charge >= 0.3 is 12.1 Å². The molecule has 1 saturated heterocycles. The van der Waals surface area contributed by atoms with E-state index >= 15 is 0 Å². The monoisotopic (exact) mass is 363 g/mol. The first-order valence-electron chi connectivity index (χ1n) is 8.60. The van der Waals surface area contributed by atoms with E-state index in [9.17, 15) is 19.5 Å². The Balaban J connectivity index is 2.17. The van der Waals surface area contributed by atoms with E-state index < -0.39 is 35.7 Å². The fourth-order valence-corrected chi connectivity index (χ4v) is 2.87. The minimum Gasteiger partial charge on any atom is -0.480 e. The van der Waals surface area contributed by atoms with Crippen molar-refractivity contribution in [3.8, 4) is 0 Å². The predicted molar refractivity (Wildman–Crippen MR) is 93.5 cm³/mol.